The number of aryl methyl sites for hydroxylation is 1. The van der Waals surface area contributed by atoms with E-state index in [-0.39, 0.29) is 19.0 Å². The predicted octanol–water partition coefficient (Wildman–Crippen LogP) is 4.05. The Morgan fingerprint density at radius 2 is 1.82 bits per heavy atom. The highest BCUT2D eigenvalue weighted by molar-refractivity contribution is 7.52. The van der Waals surface area contributed by atoms with Crippen molar-refractivity contribution in [2.75, 3.05) is 6.61 Å². The normalized spacial score (nSPS) is 25.9. The Bertz CT molecular complexity index is 1450. The van der Waals surface area contributed by atoms with Gasteiger partial charge in [0.2, 0.25) is 5.91 Å². The maximum absolute atomic E-state index is 14.2. The van der Waals surface area contributed by atoms with E-state index in [9.17, 15) is 14.2 Å². The Balaban J connectivity index is 1.31. The molecule has 0 spiro atoms. The third-order valence-electron chi connectivity index (χ3n) is 7.24. The lowest BCUT2D eigenvalue weighted by Gasteiger charge is -2.31. The number of ether oxygens (including phenoxy) is 4. The van der Waals surface area contributed by atoms with Gasteiger partial charge in [-0.25, -0.2) is 4.57 Å². The van der Waals surface area contributed by atoms with E-state index >= 15 is 0 Å². The predicted molar refractivity (Wildman–Crippen MR) is 160 cm³/mol. The zero-order valence-corrected chi connectivity index (χ0v) is 26.0. The second-order valence-corrected chi connectivity index (χ2v) is 13.0. The highest BCUT2D eigenvalue weighted by Gasteiger charge is 2.57. The molecule has 0 radical (unpaired) electrons. The molecule has 2 unspecified atom stereocenters. The lowest BCUT2D eigenvalue weighted by molar-refractivity contribution is -0.201. The van der Waals surface area contributed by atoms with Crippen molar-refractivity contribution in [2.24, 2.45) is 5.73 Å². The van der Waals surface area contributed by atoms with Crippen molar-refractivity contribution in [1.29, 1.82) is 0 Å². The number of hydrogen-bond donors (Lipinski definition) is 2. The van der Waals surface area contributed by atoms with E-state index < -0.39 is 56.0 Å². The maximum atomic E-state index is 14.2. The van der Waals surface area contributed by atoms with Crippen molar-refractivity contribution in [3.63, 3.8) is 0 Å². The quantitative estimate of drug-likeness (QED) is 0.259. The van der Waals surface area contributed by atoms with Gasteiger partial charge in [0.25, 0.3) is 0 Å². The summed E-state index contributed by atoms with van der Waals surface area (Å²) in [4.78, 5) is 26.4. The van der Waals surface area contributed by atoms with Crippen LogP contribution in [-0.4, -0.2) is 59.8 Å². The molecule has 0 saturated carbocycles. The van der Waals surface area contributed by atoms with Crippen molar-refractivity contribution in [3.8, 4) is 5.75 Å². The third kappa shape index (κ3) is 7.76. The van der Waals surface area contributed by atoms with Crippen molar-refractivity contribution >= 4 is 19.6 Å². The minimum absolute atomic E-state index is 0.0556. The van der Waals surface area contributed by atoms with Gasteiger partial charge in [-0.05, 0) is 51.8 Å². The summed E-state index contributed by atoms with van der Waals surface area (Å²) in [7, 11) is -4.19. The van der Waals surface area contributed by atoms with Gasteiger partial charge in [-0.2, -0.15) is 5.09 Å². The van der Waals surface area contributed by atoms with Gasteiger partial charge in [-0.3, -0.25) is 14.1 Å². The van der Waals surface area contributed by atoms with Crippen LogP contribution in [0, 0.1) is 6.92 Å². The molecule has 1 amide bonds. The molecule has 5 rings (SSSR count). The van der Waals surface area contributed by atoms with Gasteiger partial charge in [-0.1, -0.05) is 54.1 Å². The number of nitrogens with zero attached hydrogens (tertiary/aromatic N) is 1. The Hall–Kier alpha value is -3.51. The molecule has 3 heterocycles. The van der Waals surface area contributed by atoms with Crippen LogP contribution in [0.4, 0.5) is 0 Å². The highest BCUT2D eigenvalue weighted by atomic mass is 31.2. The van der Waals surface area contributed by atoms with Gasteiger partial charge >= 0.3 is 13.7 Å². The summed E-state index contributed by atoms with van der Waals surface area (Å²) >= 11 is 0. The average molecular weight is 628 g/mol. The molecule has 6 atom stereocenters. The molecule has 2 aromatic carbocycles. The van der Waals surface area contributed by atoms with Gasteiger partial charge in [0.1, 0.15) is 36.7 Å². The van der Waals surface area contributed by atoms with Crippen LogP contribution in [0.15, 0.2) is 78.6 Å². The second-order valence-electron chi connectivity index (χ2n) is 11.3. The zero-order chi connectivity index (χ0) is 31.5. The number of nitrogens with two attached hydrogens (primary N) is 1. The lowest BCUT2D eigenvalue weighted by atomic mass is 10.1. The first-order chi connectivity index (χ1) is 20.9. The molecule has 0 aromatic heterocycles. The van der Waals surface area contributed by atoms with Crippen LogP contribution in [0.25, 0.3) is 0 Å². The SMILES string of the molecule is Cc1ccc(OP(=O)(N[C@@H](C)C(=O)OCc2ccccc2)OCC2O[C@@H](N3C=CCC(C(N)=O)=C3)[C@@H]3OC(C)(C)O[C@H]23)cc1. The molecule has 2 fully saturated rings. The van der Waals surface area contributed by atoms with Gasteiger partial charge in [-0.15, -0.1) is 0 Å². The molecule has 236 valence electrons. The molecule has 2 saturated heterocycles. The van der Waals surface area contributed by atoms with Gasteiger partial charge in [0.15, 0.2) is 12.0 Å². The van der Waals surface area contributed by atoms with Gasteiger partial charge in [0.05, 0.1) is 6.61 Å². The van der Waals surface area contributed by atoms with Crippen LogP contribution < -0.4 is 15.3 Å². The van der Waals surface area contributed by atoms with Crippen LogP contribution in [-0.2, 0) is 44.2 Å². The van der Waals surface area contributed by atoms with E-state index in [0.717, 1.165) is 11.1 Å². The first kappa shape index (κ1) is 31.9. The maximum Gasteiger partial charge on any atom is 0.459 e. The van der Waals surface area contributed by atoms with Crippen LogP contribution in [0.5, 0.6) is 5.75 Å². The summed E-state index contributed by atoms with van der Waals surface area (Å²) < 4.78 is 50.0. The molecule has 12 nitrogen and oxygen atoms in total. The Kier molecular flexibility index (Phi) is 9.59. The average Bonchev–Trinajstić information content (AvgIpc) is 3.49. The number of carbonyl (C=O) groups is 2. The largest absolute Gasteiger partial charge is 0.460 e. The number of benzene rings is 2. The molecule has 3 N–H and O–H groups in total. The first-order valence-electron chi connectivity index (χ1n) is 14.4. The summed E-state index contributed by atoms with van der Waals surface area (Å²) in [5.74, 6) is -1.81. The Labute approximate surface area is 256 Å². The fraction of sp³-hybridized carbons (Fsp3) is 0.419. The smallest absolute Gasteiger partial charge is 0.459 e. The Morgan fingerprint density at radius 1 is 1.11 bits per heavy atom. The summed E-state index contributed by atoms with van der Waals surface area (Å²) in [6.07, 6.45) is 3.01. The molecule has 3 aliphatic rings. The van der Waals surface area contributed by atoms with E-state index in [4.69, 9.17) is 33.7 Å². The molecule has 2 aromatic rings. The number of primary amides is 1. The van der Waals surface area contributed by atoms with E-state index in [1.54, 1.807) is 61.5 Å². The number of amides is 1. The van der Waals surface area contributed by atoms with Crippen molar-refractivity contribution < 1.29 is 42.1 Å². The first-order valence-corrected chi connectivity index (χ1v) is 15.9. The van der Waals surface area contributed by atoms with Crippen molar-refractivity contribution in [2.45, 2.75) is 77.1 Å². The Morgan fingerprint density at radius 3 is 2.52 bits per heavy atom. The molecule has 13 heteroatoms. The van der Waals surface area contributed by atoms with E-state index in [0.29, 0.717) is 12.0 Å². The lowest BCUT2D eigenvalue weighted by Crippen LogP contribution is -2.40. The molecular weight excluding hydrogens is 589 g/mol. The number of hydrogen-bond acceptors (Lipinski definition) is 10. The third-order valence-corrected chi connectivity index (χ3v) is 8.88. The van der Waals surface area contributed by atoms with E-state index in [1.165, 1.54) is 6.92 Å². The standard InChI is InChI=1S/C31H38N3O9P/c1-20-12-14-24(15-13-20)43-44(37,33-21(2)30(36)38-18-22-9-6-5-7-10-22)39-19-25-26-27(42-31(3,4)41-26)29(40-25)34-16-8-11-23(17-34)28(32)35/h5-10,12-17,21,25-27,29H,11,18-19H2,1-4H3,(H2,32,35)(H,33,37)/t21-,25?,26+,27+,29+,44?/m0/s1. The van der Waals surface area contributed by atoms with Crippen LogP contribution >= 0.6 is 7.75 Å². The molecule has 0 aliphatic carbocycles. The number of fused-ring (bicyclic) bond motifs is 1. The molecule has 3 aliphatic heterocycles. The van der Waals surface area contributed by atoms with Gasteiger partial charge < -0.3 is 34.1 Å². The monoisotopic (exact) mass is 627 g/mol. The second kappa shape index (κ2) is 13.2. The summed E-state index contributed by atoms with van der Waals surface area (Å²) in [6, 6.07) is 15.1. The highest BCUT2D eigenvalue weighted by Crippen LogP contribution is 2.47. The zero-order valence-electron chi connectivity index (χ0n) is 25.1. The van der Waals surface area contributed by atoms with E-state index in [1.807, 2.05) is 37.3 Å². The van der Waals surface area contributed by atoms with Crippen LogP contribution in [0.1, 0.15) is 38.3 Å². The number of carbonyl (C=O) groups excluding carboxylic acids is 2. The minimum atomic E-state index is -4.19. The van der Waals surface area contributed by atoms with Crippen molar-refractivity contribution in [3.05, 3.63) is 89.8 Å². The number of rotatable bonds is 12. The number of allylic oxidation sites excluding steroid dienone is 1. The minimum Gasteiger partial charge on any atom is -0.460 e. The summed E-state index contributed by atoms with van der Waals surface area (Å²) in [5, 5.41) is 2.71. The number of esters is 1. The van der Waals surface area contributed by atoms with E-state index in [2.05, 4.69) is 5.09 Å². The van der Waals surface area contributed by atoms with Crippen molar-refractivity contribution in [1.82, 2.24) is 9.99 Å². The van der Waals surface area contributed by atoms with Gasteiger partial charge in [0, 0.05) is 18.0 Å². The fourth-order valence-electron chi connectivity index (χ4n) is 5.08. The topological polar surface area (TPSA) is 148 Å². The molecule has 0 bridgehead atoms. The van der Waals surface area contributed by atoms with Crippen LogP contribution in [0.3, 0.4) is 0 Å². The summed E-state index contributed by atoms with van der Waals surface area (Å²) in [5.41, 5.74) is 7.72. The van der Waals surface area contributed by atoms with Crippen LogP contribution in [0.2, 0.25) is 0 Å². The fourth-order valence-corrected chi connectivity index (χ4v) is 6.58. The number of nitrogens with one attached hydrogen (secondary N) is 1. The molecular formula is C31H38N3O9P. The summed E-state index contributed by atoms with van der Waals surface area (Å²) in [6.45, 7) is 6.82. The molecule has 44 heavy (non-hydrogen) atoms.